The number of aliphatic carboxylic acids is 1. The first-order valence-electron chi connectivity index (χ1n) is 6.25. The Kier molecular flexibility index (Phi) is 3.48. The maximum absolute atomic E-state index is 10.7. The number of carboxylic acid groups (broad SMARTS) is 1. The van der Waals surface area contributed by atoms with Crippen molar-refractivity contribution in [2.45, 2.75) is 25.4 Å². The van der Waals surface area contributed by atoms with E-state index in [9.17, 15) is 15.2 Å². The molecule has 2 aliphatic rings. The Balaban J connectivity index is 2.16. The van der Waals surface area contributed by atoms with Crippen LogP contribution in [0.1, 0.15) is 19.8 Å². The number of rotatable bonds is 5. The van der Waals surface area contributed by atoms with Crippen molar-refractivity contribution < 1.29 is 19.7 Å². The van der Waals surface area contributed by atoms with Gasteiger partial charge < -0.3 is 14.9 Å². The highest BCUT2D eigenvalue weighted by atomic mass is 16.5. The van der Waals surface area contributed by atoms with Crippen LogP contribution in [-0.4, -0.2) is 35.0 Å². The molecule has 0 aromatic heterocycles. The second-order valence-corrected chi connectivity index (χ2v) is 5.42. The summed E-state index contributed by atoms with van der Waals surface area (Å²) in [6.45, 7) is 1.95. The molecule has 0 aromatic rings. The molecule has 5 heteroatoms. The van der Waals surface area contributed by atoms with Crippen molar-refractivity contribution in [2.75, 3.05) is 13.2 Å². The molecule has 1 heterocycles. The van der Waals surface area contributed by atoms with Crippen molar-refractivity contribution >= 4 is 5.97 Å². The Morgan fingerprint density at radius 2 is 2.16 bits per heavy atom. The largest absolute Gasteiger partial charge is 0.478 e. The monoisotopic (exact) mass is 263 g/mol. The first-order valence-corrected chi connectivity index (χ1v) is 6.25. The van der Waals surface area contributed by atoms with Crippen molar-refractivity contribution in [3.8, 4) is 6.07 Å². The molecule has 0 amide bonds. The second-order valence-electron chi connectivity index (χ2n) is 5.42. The van der Waals surface area contributed by atoms with E-state index in [0.29, 0.717) is 5.57 Å². The minimum Gasteiger partial charge on any atom is -0.478 e. The Bertz CT molecular complexity index is 476. The highest BCUT2D eigenvalue weighted by molar-refractivity contribution is 5.81. The van der Waals surface area contributed by atoms with Crippen LogP contribution in [0, 0.1) is 22.7 Å². The van der Waals surface area contributed by atoms with Gasteiger partial charge in [-0.3, -0.25) is 0 Å². The lowest BCUT2D eigenvalue weighted by Gasteiger charge is -2.44. The predicted octanol–water partition coefficient (Wildman–Crippen LogP) is 1.25. The summed E-state index contributed by atoms with van der Waals surface area (Å²) < 4.78 is 5.02. The quantitative estimate of drug-likeness (QED) is 0.575. The molecule has 0 aromatic carbocycles. The molecule has 5 nitrogen and oxygen atoms in total. The van der Waals surface area contributed by atoms with Gasteiger partial charge in [0.2, 0.25) is 0 Å². The number of hydrogen-bond acceptors (Lipinski definition) is 4. The van der Waals surface area contributed by atoms with E-state index in [2.05, 4.69) is 6.07 Å². The molecule has 102 valence electrons. The van der Waals surface area contributed by atoms with Crippen molar-refractivity contribution in [2.24, 2.45) is 11.3 Å². The molecule has 1 aliphatic carbocycles. The number of carboxylic acids is 1. The Morgan fingerprint density at radius 3 is 2.53 bits per heavy atom. The van der Waals surface area contributed by atoms with E-state index in [1.807, 2.05) is 0 Å². The molecule has 2 rings (SSSR count). The SMILES string of the molecule is C[C@](O)(/C=C/C(=C\C(=O)O)C1CC1)C1(C#N)COC1. The van der Waals surface area contributed by atoms with E-state index >= 15 is 0 Å². The first-order chi connectivity index (χ1) is 8.90. The van der Waals surface area contributed by atoms with Crippen molar-refractivity contribution in [3.63, 3.8) is 0 Å². The van der Waals surface area contributed by atoms with Crippen LogP contribution in [0.25, 0.3) is 0 Å². The summed E-state index contributed by atoms with van der Waals surface area (Å²) >= 11 is 0. The van der Waals surface area contributed by atoms with Crippen LogP contribution in [0.2, 0.25) is 0 Å². The minimum absolute atomic E-state index is 0.197. The number of nitrogens with zero attached hydrogens (tertiary/aromatic N) is 1. The van der Waals surface area contributed by atoms with E-state index in [0.717, 1.165) is 12.8 Å². The number of hydrogen-bond donors (Lipinski definition) is 2. The standard InChI is InChI=1S/C14H17NO4/c1-13(18,14(7-15)8-19-9-14)5-4-11(6-12(16)17)10-2-3-10/h4-6,10,18H,2-3,8-9H2,1H3,(H,16,17)/b5-4+,11-6+/t13-/m0/s1. The number of allylic oxidation sites excluding steroid dienone is 2. The first kappa shape index (κ1) is 13.8. The fourth-order valence-corrected chi connectivity index (χ4v) is 2.06. The van der Waals surface area contributed by atoms with Gasteiger partial charge in [0.1, 0.15) is 11.0 Å². The predicted molar refractivity (Wildman–Crippen MR) is 67.1 cm³/mol. The van der Waals surface area contributed by atoms with E-state index < -0.39 is 17.0 Å². The Hall–Kier alpha value is -1.64. The number of aliphatic hydroxyl groups is 1. The summed E-state index contributed by atoms with van der Waals surface area (Å²) in [5, 5.41) is 28.4. The van der Waals surface area contributed by atoms with Gasteiger partial charge in [-0.1, -0.05) is 12.2 Å². The average molecular weight is 263 g/mol. The van der Waals surface area contributed by atoms with Gasteiger partial charge in [0.25, 0.3) is 0 Å². The average Bonchev–Trinajstić information content (AvgIpc) is 3.06. The molecule has 19 heavy (non-hydrogen) atoms. The van der Waals surface area contributed by atoms with E-state index in [-0.39, 0.29) is 19.1 Å². The fraction of sp³-hybridized carbons (Fsp3) is 0.571. The summed E-state index contributed by atoms with van der Waals surface area (Å²) in [5.41, 5.74) is -1.56. The molecule has 0 bridgehead atoms. The van der Waals surface area contributed by atoms with Gasteiger partial charge >= 0.3 is 5.97 Å². The summed E-state index contributed by atoms with van der Waals surface area (Å²) in [4.78, 5) is 10.7. The van der Waals surface area contributed by atoms with Crippen LogP contribution in [-0.2, 0) is 9.53 Å². The minimum atomic E-state index is -1.33. The fourth-order valence-electron chi connectivity index (χ4n) is 2.06. The summed E-state index contributed by atoms with van der Waals surface area (Å²) in [6.07, 6.45) is 6.26. The van der Waals surface area contributed by atoms with Crippen LogP contribution in [0.5, 0.6) is 0 Å². The van der Waals surface area contributed by atoms with E-state index in [1.165, 1.54) is 12.2 Å². The smallest absolute Gasteiger partial charge is 0.328 e. The Labute approximate surface area is 111 Å². The Morgan fingerprint density at radius 1 is 1.53 bits per heavy atom. The lowest BCUT2D eigenvalue weighted by molar-refractivity contribution is -0.162. The van der Waals surface area contributed by atoms with E-state index in [1.54, 1.807) is 13.0 Å². The number of nitriles is 1. The van der Waals surface area contributed by atoms with Gasteiger partial charge in [-0.25, -0.2) is 4.79 Å². The van der Waals surface area contributed by atoms with Crippen LogP contribution in [0.15, 0.2) is 23.8 Å². The zero-order valence-electron chi connectivity index (χ0n) is 10.8. The van der Waals surface area contributed by atoms with E-state index in [4.69, 9.17) is 9.84 Å². The van der Waals surface area contributed by atoms with Crippen LogP contribution >= 0.6 is 0 Å². The normalized spacial score (nSPS) is 25.4. The van der Waals surface area contributed by atoms with Gasteiger partial charge in [-0.05, 0) is 31.3 Å². The number of carbonyl (C=O) groups is 1. The lowest BCUT2D eigenvalue weighted by Crippen LogP contribution is -2.56. The molecule has 1 atom stereocenters. The molecule has 1 saturated carbocycles. The third-order valence-corrected chi connectivity index (χ3v) is 3.82. The molecule has 1 aliphatic heterocycles. The molecule has 0 radical (unpaired) electrons. The molecule has 2 N–H and O–H groups in total. The maximum atomic E-state index is 10.7. The van der Waals surface area contributed by atoms with Crippen LogP contribution < -0.4 is 0 Å². The molecular weight excluding hydrogens is 246 g/mol. The number of ether oxygens (including phenoxy) is 1. The summed E-state index contributed by atoms with van der Waals surface area (Å²) in [7, 11) is 0. The van der Waals surface area contributed by atoms with Gasteiger partial charge in [-0.2, -0.15) is 5.26 Å². The maximum Gasteiger partial charge on any atom is 0.328 e. The third kappa shape index (κ3) is 2.70. The summed E-state index contributed by atoms with van der Waals surface area (Å²) in [5.74, 6) is -0.730. The zero-order valence-corrected chi connectivity index (χ0v) is 10.8. The van der Waals surface area contributed by atoms with Crippen LogP contribution in [0.3, 0.4) is 0 Å². The molecule has 2 fully saturated rings. The van der Waals surface area contributed by atoms with Gasteiger partial charge in [0.15, 0.2) is 0 Å². The van der Waals surface area contributed by atoms with Crippen molar-refractivity contribution in [1.82, 2.24) is 0 Å². The summed E-state index contributed by atoms with van der Waals surface area (Å²) in [6, 6.07) is 2.10. The third-order valence-electron chi connectivity index (χ3n) is 3.82. The van der Waals surface area contributed by atoms with Gasteiger partial charge in [-0.15, -0.1) is 0 Å². The highest BCUT2D eigenvalue weighted by Crippen LogP contribution is 2.41. The highest BCUT2D eigenvalue weighted by Gasteiger charge is 2.52. The van der Waals surface area contributed by atoms with Crippen molar-refractivity contribution in [3.05, 3.63) is 23.8 Å². The van der Waals surface area contributed by atoms with Gasteiger partial charge in [0.05, 0.1) is 19.3 Å². The van der Waals surface area contributed by atoms with Gasteiger partial charge in [0, 0.05) is 6.08 Å². The van der Waals surface area contributed by atoms with Crippen molar-refractivity contribution in [1.29, 1.82) is 5.26 Å². The molecule has 1 saturated heterocycles. The zero-order chi connectivity index (χ0) is 14.1. The molecule has 0 spiro atoms. The second kappa shape index (κ2) is 4.80. The topological polar surface area (TPSA) is 90.5 Å². The molecule has 0 unspecified atom stereocenters. The van der Waals surface area contributed by atoms with Crippen LogP contribution in [0.4, 0.5) is 0 Å². The molecular formula is C14H17NO4. The lowest BCUT2D eigenvalue weighted by atomic mass is 9.72.